The third-order valence-corrected chi connectivity index (χ3v) is 2.98. The van der Waals surface area contributed by atoms with Gasteiger partial charge in [0.05, 0.1) is 10.6 Å². The first-order valence-electron chi connectivity index (χ1n) is 4.48. The summed E-state index contributed by atoms with van der Waals surface area (Å²) in [5.41, 5.74) is 0.112. The minimum atomic E-state index is -1.27. The van der Waals surface area contributed by atoms with Crippen molar-refractivity contribution in [3.05, 3.63) is 35.1 Å². The van der Waals surface area contributed by atoms with Gasteiger partial charge in [0.2, 0.25) is 5.01 Å². The number of hydrogen-bond acceptors (Lipinski definition) is 5. The molecule has 6 nitrogen and oxygen atoms in total. The normalized spacial score (nSPS) is 10.1. The summed E-state index contributed by atoms with van der Waals surface area (Å²) < 4.78 is 0. The van der Waals surface area contributed by atoms with Gasteiger partial charge in [0, 0.05) is 6.20 Å². The van der Waals surface area contributed by atoms with Crippen LogP contribution in [-0.4, -0.2) is 32.1 Å². The Hall–Kier alpha value is -2.28. The molecule has 0 atom stereocenters. The van der Waals surface area contributed by atoms with Gasteiger partial charge < -0.3 is 10.2 Å². The highest BCUT2D eigenvalue weighted by atomic mass is 32.1. The van der Waals surface area contributed by atoms with Gasteiger partial charge in [0.15, 0.2) is 5.69 Å². The number of pyridine rings is 1. The lowest BCUT2D eigenvalue weighted by Gasteiger charge is -1.96. The molecule has 0 spiro atoms. The van der Waals surface area contributed by atoms with E-state index < -0.39 is 11.9 Å². The lowest BCUT2D eigenvalue weighted by Crippen LogP contribution is -2.01. The van der Waals surface area contributed by atoms with Gasteiger partial charge in [0.1, 0.15) is 0 Å². The number of aromatic nitrogens is 2. The van der Waals surface area contributed by atoms with E-state index >= 15 is 0 Å². The monoisotopic (exact) mass is 250 g/mol. The lowest BCUT2D eigenvalue weighted by atomic mass is 10.2. The van der Waals surface area contributed by atoms with Crippen molar-refractivity contribution in [2.45, 2.75) is 0 Å². The van der Waals surface area contributed by atoms with Gasteiger partial charge in [-0.1, -0.05) is 6.07 Å². The molecule has 2 aromatic heterocycles. The van der Waals surface area contributed by atoms with Crippen molar-refractivity contribution in [2.75, 3.05) is 0 Å². The fourth-order valence-electron chi connectivity index (χ4n) is 1.23. The number of carbonyl (C=O) groups is 2. The van der Waals surface area contributed by atoms with Crippen molar-refractivity contribution in [3.63, 3.8) is 0 Å². The molecule has 0 unspecified atom stereocenters. The third kappa shape index (κ3) is 2.13. The molecule has 0 aliphatic rings. The van der Waals surface area contributed by atoms with Crippen LogP contribution in [0.15, 0.2) is 24.4 Å². The number of carboxylic acid groups (broad SMARTS) is 2. The lowest BCUT2D eigenvalue weighted by molar-refractivity contribution is 0.0691. The van der Waals surface area contributed by atoms with Gasteiger partial charge in [-0.3, -0.25) is 4.98 Å². The number of aromatic carboxylic acids is 2. The highest BCUT2D eigenvalue weighted by molar-refractivity contribution is 7.17. The summed E-state index contributed by atoms with van der Waals surface area (Å²) >= 11 is 0.795. The van der Waals surface area contributed by atoms with Crippen LogP contribution in [0.1, 0.15) is 20.3 Å². The van der Waals surface area contributed by atoms with Crippen LogP contribution in [-0.2, 0) is 0 Å². The molecule has 0 aliphatic carbocycles. The van der Waals surface area contributed by atoms with Crippen molar-refractivity contribution in [2.24, 2.45) is 0 Å². The van der Waals surface area contributed by atoms with E-state index in [0.29, 0.717) is 5.69 Å². The van der Waals surface area contributed by atoms with Crippen LogP contribution in [0, 0.1) is 0 Å². The molecule has 0 fully saturated rings. The van der Waals surface area contributed by atoms with E-state index in [1.54, 1.807) is 18.2 Å². The van der Waals surface area contributed by atoms with Crippen molar-refractivity contribution in [1.29, 1.82) is 0 Å². The van der Waals surface area contributed by atoms with Crippen molar-refractivity contribution >= 4 is 23.3 Å². The molecule has 2 rings (SSSR count). The van der Waals surface area contributed by atoms with E-state index in [9.17, 15) is 9.59 Å². The van der Waals surface area contributed by atoms with E-state index in [1.165, 1.54) is 6.20 Å². The van der Waals surface area contributed by atoms with E-state index in [-0.39, 0.29) is 15.6 Å². The molecule has 0 amide bonds. The SMILES string of the molecule is O=C(O)c1nc(C(=O)O)c(-c2ccccn2)s1. The van der Waals surface area contributed by atoms with Gasteiger partial charge in [-0.25, -0.2) is 14.6 Å². The van der Waals surface area contributed by atoms with E-state index in [2.05, 4.69) is 9.97 Å². The summed E-state index contributed by atoms with van der Waals surface area (Å²) in [4.78, 5) is 29.5. The molecule has 2 N–H and O–H groups in total. The molecule has 17 heavy (non-hydrogen) atoms. The number of thiazole rings is 1. The zero-order valence-corrected chi connectivity index (χ0v) is 9.14. The van der Waals surface area contributed by atoms with Crippen molar-refractivity contribution in [3.8, 4) is 10.6 Å². The van der Waals surface area contributed by atoms with Crippen LogP contribution < -0.4 is 0 Å². The highest BCUT2D eigenvalue weighted by Crippen LogP contribution is 2.28. The van der Waals surface area contributed by atoms with E-state index in [0.717, 1.165) is 11.3 Å². The Balaban J connectivity index is 2.60. The second-order valence-corrected chi connectivity index (χ2v) is 4.02. The maximum atomic E-state index is 11.0. The molecule has 86 valence electrons. The summed E-state index contributed by atoms with van der Waals surface area (Å²) in [6.45, 7) is 0. The van der Waals surface area contributed by atoms with E-state index in [1.807, 2.05) is 0 Å². The Morgan fingerprint density at radius 1 is 1.18 bits per heavy atom. The van der Waals surface area contributed by atoms with Crippen LogP contribution in [0.3, 0.4) is 0 Å². The molecular weight excluding hydrogens is 244 g/mol. The molecule has 0 aromatic carbocycles. The molecule has 0 radical (unpaired) electrons. The molecule has 0 aliphatic heterocycles. The standard InChI is InChI=1S/C10H6N2O4S/c13-9(14)6-7(5-3-1-2-4-11-5)17-8(12-6)10(15)16/h1-4H,(H,13,14)(H,15,16). The molecular formula is C10H6N2O4S. The molecule has 0 saturated carbocycles. The van der Waals surface area contributed by atoms with Gasteiger partial charge in [-0.15, -0.1) is 11.3 Å². The Kier molecular flexibility index (Phi) is 2.84. The van der Waals surface area contributed by atoms with Crippen LogP contribution >= 0.6 is 11.3 Å². The summed E-state index contributed by atoms with van der Waals surface area (Å²) in [5, 5.41) is 17.5. The summed E-state index contributed by atoms with van der Waals surface area (Å²) in [6.07, 6.45) is 1.50. The predicted molar refractivity (Wildman–Crippen MR) is 59.3 cm³/mol. The van der Waals surface area contributed by atoms with Gasteiger partial charge >= 0.3 is 11.9 Å². The fourth-order valence-corrected chi connectivity index (χ4v) is 2.10. The van der Waals surface area contributed by atoms with Crippen LogP contribution in [0.25, 0.3) is 10.6 Å². The van der Waals surface area contributed by atoms with Gasteiger partial charge in [0.25, 0.3) is 0 Å². The van der Waals surface area contributed by atoms with Crippen LogP contribution in [0.5, 0.6) is 0 Å². The van der Waals surface area contributed by atoms with E-state index in [4.69, 9.17) is 10.2 Å². The van der Waals surface area contributed by atoms with Crippen LogP contribution in [0.2, 0.25) is 0 Å². The Morgan fingerprint density at radius 3 is 2.47 bits per heavy atom. The summed E-state index contributed by atoms with van der Waals surface area (Å²) in [7, 11) is 0. The largest absolute Gasteiger partial charge is 0.476 e. The number of rotatable bonds is 3. The molecule has 7 heteroatoms. The second kappa shape index (κ2) is 4.30. The smallest absolute Gasteiger partial charge is 0.365 e. The molecule has 0 saturated heterocycles. The van der Waals surface area contributed by atoms with Gasteiger partial charge in [-0.05, 0) is 12.1 Å². The molecule has 2 heterocycles. The maximum absolute atomic E-state index is 11.0. The number of carboxylic acids is 2. The van der Waals surface area contributed by atoms with Crippen molar-refractivity contribution < 1.29 is 19.8 Å². The summed E-state index contributed by atoms with van der Waals surface area (Å²) in [6, 6.07) is 4.97. The zero-order chi connectivity index (χ0) is 12.4. The quantitative estimate of drug-likeness (QED) is 0.858. The fraction of sp³-hybridized carbons (Fsp3) is 0. The average Bonchev–Trinajstić information content (AvgIpc) is 2.75. The first-order chi connectivity index (χ1) is 8.09. The maximum Gasteiger partial charge on any atom is 0.365 e. The third-order valence-electron chi connectivity index (χ3n) is 1.91. The second-order valence-electron chi connectivity index (χ2n) is 3.02. The Labute approximate surface area is 99.2 Å². The zero-order valence-electron chi connectivity index (χ0n) is 8.32. The van der Waals surface area contributed by atoms with Gasteiger partial charge in [-0.2, -0.15) is 0 Å². The van der Waals surface area contributed by atoms with Crippen molar-refractivity contribution in [1.82, 2.24) is 9.97 Å². The Bertz CT molecular complexity index is 579. The topological polar surface area (TPSA) is 100 Å². The molecule has 2 aromatic rings. The predicted octanol–water partition coefficient (Wildman–Crippen LogP) is 1.60. The first-order valence-corrected chi connectivity index (χ1v) is 5.30. The van der Waals surface area contributed by atoms with Crippen LogP contribution in [0.4, 0.5) is 0 Å². The highest BCUT2D eigenvalue weighted by Gasteiger charge is 2.22. The number of nitrogens with zero attached hydrogens (tertiary/aromatic N) is 2. The minimum Gasteiger partial charge on any atom is -0.476 e. The minimum absolute atomic E-state index is 0.246. The average molecular weight is 250 g/mol. The first kappa shape index (κ1) is 11.2. The number of hydrogen-bond donors (Lipinski definition) is 2. The summed E-state index contributed by atoms with van der Waals surface area (Å²) in [5.74, 6) is -2.52. The molecule has 0 bridgehead atoms. The Morgan fingerprint density at radius 2 is 1.94 bits per heavy atom.